The van der Waals surface area contributed by atoms with Crippen molar-refractivity contribution < 1.29 is 19.4 Å². The minimum Gasteiger partial charge on any atom is -0.478 e. The van der Waals surface area contributed by atoms with Crippen molar-refractivity contribution >= 4 is 24.2 Å². The normalized spacial score (nSPS) is 11.8. The van der Waals surface area contributed by atoms with Gasteiger partial charge >= 0.3 is 12.1 Å². The first-order valence-corrected chi connectivity index (χ1v) is 7.41. The number of carboxylic acids is 1. The molecule has 0 bridgehead atoms. The molecule has 0 aliphatic carbocycles. The summed E-state index contributed by atoms with van der Waals surface area (Å²) in [6.07, 6.45) is 6.70. The Balaban J connectivity index is 2.50. The van der Waals surface area contributed by atoms with Crippen molar-refractivity contribution in [2.24, 2.45) is 0 Å². The lowest BCUT2D eigenvalue weighted by atomic mass is 10.1. The van der Waals surface area contributed by atoms with Crippen molar-refractivity contribution in [2.75, 3.05) is 6.54 Å². The van der Waals surface area contributed by atoms with Crippen LogP contribution in [-0.4, -0.2) is 29.3 Å². The maximum Gasteiger partial charge on any atom is 0.407 e. The van der Waals surface area contributed by atoms with Gasteiger partial charge in [0.2, 0.25) is 0 Å². The molecule has 0 saturated carbocycles. The van der Waals surface area contributed by atoms with Crippen LogP contribution >= 0.6 is 0 Å². The molecule has 0 radical (unpaired) electrons. The highest BCUT2D eigenvalue weighted by Crippen LogP contribution is 2.13. The van der Waals surface area contributed by atoms with E-state index in [0.29, 0.717) is 13.0 Å². The molecule has 5 nitrogen and oxygen atoms in total. The first-order chi connectivity index (χ1) is 10.8. The van der Waals surface area contributed by atoms with E-state index in [-0.39, 0.29) is 0 Å². The molecule has 0 atom stereocenters. The fraction of sp³-hybridized carbons (Fsp3) is 0.333. The Morgan fingerprint density at radius 1 is 1.17 bits per heavy atom. The van der Waals surface area contributed by atoms with Crippen molar-refractivity contribution in [2.45, 2.75) is 32.8 Å². The van der Waals surface area contributed by atoms with Crippen LogP contribution in [0.1, 0.15) is 38.3 Å². The maximum absolute atomic E-state index is 11.5. The minimum atomic E-state index is -0.981. The third kappa shape index (κ3) is 8.46. The summed E-state index contributed by atoms with van der Waals surface area (Å²) in [7, 11) is 0. The van der Waals surface area contributed by atoms with Crippen LogP contribution < -0.4 is 5.32 Å². The SMILES string of the molecule is CC(C)(C)OC(=O)NCCC=Cc1ccccc1/C=C/C(=O)O. The summed E-state index contributed by atoms with van der Waals surface area (Å²) < 4.78 is 5.14. The first-order valence-electron chi connectivity index (χ1n) is 7.41. The smallest absolute Gasteiger partial charge is 0.407 e. The average molecular weight is 317 g/mol. The second-order valence-electron chi connectivity index (χ2n) is 5.92. The predicted octanol–water partition coefficient (Wildman–Crippen LogP) is 3.71. The Morgan fingerprint density at radius 2 is 1.78 bits per heavy atom. The number of ether oxygens (including phenoxy) is 1. The number of amides is 1. The van der Waals surface area contributed by atoms with Crippen LogP contribution in [0.3, 0.4) is 0 Å². The monoisotopic (exact) mass is 317 g/mol. The molecular formula is C18H23NO4. The summed E-state index contributed by atoms with van der Waals surface area (Å²) in [5.41, 5.74) is 1.24. The van der Waals surface area contributed by atoms with Crippen molar-refractivity contribution in [3.63, 3.8) is 0 Å². The van der Waals surface area contributed by atoms with Crippen LogP contribution in [0, 0.1) is 0 Å². The van der Waals surface area contributed by atoms with Crippen LogP contribution in [-0.2, 0) is 9.53 Å². The second kappa shape index (κ2) is 8.78. The molecule has 124 valence electrons. The molecule has 0 heterocycles. The van der Waals surface area contributed by atoms with E-state index in [2.05, 4.69) is 5.32 Å². The van der Waals surface area contributed by atoms with Crippen molar-refractivity contribution in [3.05, 3.63) is 47.5 Å². The van der Waals surface area contributed by atoms with Crippen LogP contribution in [0.2, 0.25) is 0 Å². The van der Waals surface area contributed by atoms with Gasteiger partial charge in [0.1, 0.15) is 5.60 Å². The lowest BCUT2D eigenvalue weighted by Crippen LogP contribution is -2.32. The Bertz CT molecular complexity index is 597. The van der Waals surface area contributed by atoms with Gasteiger partial charge < -0.3 is 15.2 Å². The van der Waals surface area contributed by atoms with Crippen LogP contribution in [0.15, 0.2) is 36.4 Å². The number of alkyl carbamates (subject to hydrolysis) is 1. The number of hydrogen-bond donors (Lipinski definition) is 2. The molecule has 1 aromatic rings. The highest BCUT2D eigenvalue weighted by atomic mass is 16.6. The van der Waals surface area contributed by atoms with Gasteiger partial charge in [0.15, 0.2) is 0 Å². The molecule has 0 unspecified atom stereocenters. The fourth-order valence-electron chi connectivity index (χ4n) is 1.76. The van der Waals surface area contributed by atoms with E-state index in [9.17, 15) is 9.59 Å². The quantitative estimate of drug-likeness (QED) is 0.619. The summed E-state index contributed by atoms with van der Waals surface area (Å²) in [4.78, 5) is 22.1. The van der Waals surface area contributed by atoms with E-state index in [4.69, 9.17) is 9.84 Å². The highest BCUT2D eigenvalue weighted by molar-refractivity contribution is 5.86. The molecule has 0 aromatic heterocycles. The molecule has 0 spiro atoms. The standard InChI is InChI=1S/C18H23NO4/c1-18(2,3)23-17(22)19-13-7-6-10-14-8-4-5-9-15(14)11-12-16(20)21/h4-6,8-12H,7,13H2,1-3H3,(H,19,22)(H,20,21)/b10-6?,12-11+. The summed E-state index contributed by atoms with van der Waals surface area (Å²) in [5, 5.41) is 11.4. The zero-order valence-electron chi connectivity index (χ0n) is 13.7. The molecule has 0 saturated heterocycles. The Labute approximate surface area is 136 Å². The van der Waals surface area contributed by atoms with E-state index >= 15 is 0 Å². The number of benzene rings is 1. The van der Waals surface area contributed by atoms with Gasteiger partial charge in [0, 0.05) is 12.6 Å². The Morgan fingerprint density at radius 3 is 2.35 bits per heavy atom. The van der Waals surface area contributed by atoms with Gasteiger partial charge in [-0.1, -0.05) is 36.4 Å². The van der Waals surface area contributed by atoms with Crippen LogP contribution in [0.4, 0.5) is 4.79 Å². The molecule has 0 aliphatic heterocycles. The Kier molecular flexibility index (Phi) is 7.06. The van der Waals surface area contributed by atoms with Gasteiger partial charge in [-0.05, 0) is 44.4 Å². The van der Waals surface area contributed by atoms with Gasteiger partial charge in [0.25, 0.3) is 0 Å². The molecule has 0 aliphatic rings. The van der Waals surface area contributed by atoms with E-state index in [1.165, 1.54) is 0 Å². The van der Waals surface area contributed by atoms with Crippen molar-refractivity contribution in [1.82, 2.24) is 5.32 Å². The van der Waals surface area contributed by atoms with E-state index < -0.39 is 17.7 Å². The lowest BCUT2D eigenvalue weighted by Gasteiger charge is -2.19. The number of carbonyl (C=O) groups excluding carboxylic acids is 1. The molecule has 5 heteroatoms. The van der Waals surface area contributed by atoms with Gasteiger partial charge in [-0.15, -0.1) is 0 Å². The van der Waals surface area contributed by atoms with Crippen molar-refractivity contribution in [1.29, 1.82) is 0 Å². The molecule has 1 amide bonds. The summed E-state index contributed by atoms with van der Waals surface area (Å²) in [5.74, 6) is -0.981. The topological polar surface area (TPSA) is 75.6 Å². The molecular weight excluding hydrogens is 294 g/mol. The Hall–Kier alpha value is -2.56. The van der Waals surface area contributed by atoms with Gasteiger partial charge in [-0.2, -0.15) is 0 Å². The third-order valence-corrected chi connectivity index (χ3v) is 2.68. The zero-order valence-corrected chi connectivity index (χ0v) is 13.7. The summed E-state index contributed by atoms with van der Waals surface area (Å²) >= 11 is 0. The van der Waals surface area contributed by atoms with E-state index in [1.807, 2.05) is 57.2 Å². The van der Waals surface area contributed by atoms with Crippen molar-refractivity contribution in [3.8, 4) is 0 Å². The van der Waals surface area contributed by atoms with Gasteiger partial charge in [-0.3, -0.25) is 0 Å². The second-order valence-corrected chi connectivity index (χ2v) is 5.92. The highest BCUT2D eigenvalue weighted by Gasteiger charge is 2.15. The largest absolute Gasteiger partial charge is 0.478 e. The molecule has 23 heavy (non-hydrogen) atoms. The average Bonchev–Trinajstić information content (AvgIpc) is 2.43. The van der Waals surface area contributed by atoms with E-state index in [1.54, 1.807) is 6.08 Å². The third-order valence-electron chi connectivity index (χ3n) is 2.68. The van der Waals surface area contributed by atoms with E-state index in [0.717, 1.165) is 17.2 Å². The van der Waals surface area contributed by atoms with Crippen LogP contribution in [0.25, 0.3) is 12.2 Å². The number of aliphatic carboxylic acids is 1. The lowest BCUT2D eigenvalue weighted by molar-refractivity contribution is -0.131. The predicted molar refractivity (Wildman–Crippen MR) is 91.0 cm³/mol. The number of carboxylic acid groups (broad SMARTS) is 1. The molecule has 1 rings (SSSR count). The summed E-state index contributed by atoms with van der Waals surface area (Å²) in [6.45, 7) is 5.91. The molecule has 1 aromatic carbocycles. The zero-order chi connectivity index (χ0) is 17.3. The molecule has 2 N–H and O–H groups in total. The summed E-state index contributed by atoms with van der Waals surface area (Å²) in [6, 6.07) is 7.48. The first kappa shape index (κ1) is 18.5. The maximum atomic E-state index is 11.5. The number of nitrogens with one attached hydrogen (secondary N) is 1. The minimum absolute atomic E-state index is 0.435. The van der Waals surface area contributed by atoms with Gasteiger partial charge in [0.05, 0.1) is 0 Å². The fourth-order valence-corrected chi connectivity index (χ4v) is 1.76. The molecule has 0 fully saturated rings. The van der Waals surface area contributed by atoms with Gasteiger partial charge in [-0.25, -0.2) is 9.59 Å². The number of hydrogen-bond acceptors (Lipinski definition) is 3. The number of carbonyl (C=O) groups is 2. The number of rotatable bonds is 6. The van der Waals surface area contributed by atoms with Crippen LogP contribution in [0.5, 0.6) is 0 Å².